The van der Waals surface area contributed by atoms with E-state index >= 15 is 0 Å². The average molecular weight is 281 g/mol. The molecular weight excluding hydrogens is 250 g/mol. The van der Waals surface area contributed by atoms with Gasteiger partial charge >= 0.3 is 0 Å². The van der Waals surface area contributed by atoms with Crippen molar-refractivity contribution < 1.29 is 4.79 Å². The summed E-state index contributed by atoms with van der Waals surface area (Å²) in [6.07, 6.45) is 1.92. The van der Waals surface area contributed by atoms with Crippen LogP contribution in [0.2, 0.25) is 0 Å². The number of hydrogen-bond acceptors (Lipinski definition) is 3. The van der Waals surface area contributed by atoms with Gasteiger partial charge in [-0.05, 0) is 38.1 Å². The first kappa shape index (κ1) is 15.8. The van der Waals surface area contributed by atoms with E-state index in [0.717, 1.165) is 32.5 Å². The second-order valence-electron chi connectivity index (χ2n) is 7.52. The molecule has 1 heterocycles. The van der Waals surface area contributed by atoms with Crippen molar-refractivity contribution in [3.05, 3.63) is 0 Å². The van der Waals surface area contributed by atoms with Crippen molar-refractivity contribution in [1.82, 2.24) is 9.80 Å². The van der Waals surface area contributed by atoms with Gasteiger partial charge in [-0.25, -0.2) is 0 Å². The Kier molecular flexibility index (Phi) is 4.45. The minimum absolute atomic E-state index is 0.00133. The molecule has 2 N–H and O–H groups in total. The Morgan fingerprint density at radius 3 is 2.45 bits per heavy atom. The van der Waals surface area contributed by atoms with Gasteiger partial charge < -0.3 is 15.5 Å². The molecule has 20 heavy (non-hydrogen) atoms. The molecule has 0 radical (unpaired) electrons. The van der Waals surface area contributed by atoms with E-state index in [4.69, 9.17) is 5.73 Å². The van der Waals surface area contributed by atoms with Gasteiger partial charge in [0.2, 0.25) is 5.91 Å². The summed E-state index contributed by atoms with van der Waals surface area (Å²) < 4.78 is 0. The van der Waals surface area contributed by atoms with Gasteiger partial charge in [0.1, 0.15) is 0 Å². The number of nitrogens with zero attached hydrogens (tertiary/aromatic N) is 2. The molecule has 1 saturated heterocycles. The molecule has 0 bridgehead atoms. The van der Waals surface area contributed by atoms with Crippen LogP contribution in [0.25, 0.3) is 0 Å². The van der Waals surface area contributed by atoms with Gasteiger partial charge in [0.25, 0.3) is 0 Å². The summed E-state index contributed by atoms with van der Waals surface area (Å²) in [6, 6.07) is 0.694. The first-order chi connectivity index (χ1) is 9.25. The Bertz CT molecular complexity index is 369. The van der Waals surface area contributed by atoms with Gasteiger partial charge in [0.15, 0.2) is 0 Å². The van der Waals surface area contributed by atoms with Crippen molar-refractivity contribution in [2.24, 2.45) is 23.0 Å². The number of likely N-dealkylation sites (N-methyl/N-ethyl adjacent to an activating group) is 1. The van der Waals surface area contributed by atoms with E-state index in [0.29, 0.717) is 17.9 Å². The number of nitrogens with two attached hydrogens (primary N) is 1. The van der Waals surface area contributed by atoms with Crippen molar-refractivity contribution in [2.45, 2.75) is 52.6 Å². The summed E-state index contributed by atoms with van der Waals surface area (Å²) in [5.74, 6) is 0.886. The highest BCUT2D eigenvalue weighted by Crippen LogP contribution is 2.45. The van der Waals surface area contributed by atoms with Crippen molar-refractivity contribution in [2.75, 3.05) is 26.7 Å². The molecule has 1 saturated carbocycles. The number of hydrogen-bond donors (Lipinski definition) is 1. The highest BCUT2D eigenvalue weighted by molar-refractivity contribution is 5.80. The van der Waals surface area contributed by atoms with Crippen LogP contribution in [-0.4, -0.2) is 54.5 Å². The van der Waals surface area contributed by atoms with Gasteiger partial charge in [0, 0.05) is 37.6 Å². The highest BCUT2D eigenvalue weighted by atomic mass is 16.2. The third-order valence-corrected chi connectivity index (χ3v) is 6.07. The molecule has 2 fully saturated rings. The monoisotopic (exact) mass is 281 g/mol. The summed E-state index contributed by atoms with van der Waals surface area (Å²) >= 11 is 0. The maximum atomic E-state index is 12.9. The fraction of sp³-hybridized carbons (Fsp3) is 0.938. The van der Waals surface area contributed by atoms with Gasteiger partial charge in [-0.1, -0.05) is 20.8 Å². The Hall–Kier alpha value is -0.610. The Morgan fingerprint density at radius 1 is 1.20 bits per heavy atom. The highest BCUT2D eigenvalue weighted by Gasteiger charge is 2.46. The minimum atomic E-state index is 0.00133. The summed E-state index contributed by atoms with van der Waals surface area (Å²) in [5.41, 5.74) is 6.20. The molecule has 1 aliphatic heterocycles. The number of rotatable bonds is 1. The van der Waals surface area contributed by atoms with Crippen LogP contribution in [0.15, 0.2) is 0 Å². The SMILES string of the molecule is CC1CN(C(=O)C2CCC(N)C(C)C2(C)C)CCN1C. The Labute approximate surface area is 123 Å². The number of carbonyl (C=O) groups is 1. The normalized spacial score (nSPS) is 38.8. The van der Waals surface area contributed by atoms with Crippen LogP contribution in [-0.2, 0) is 4.79 Å². The largest absolute Gasteiger partial charge is 0.340 e. The van der Waals surface area contributed by atoms with Crippen molar-refractivity contribution in [1.29, 1.82) is 0 Å². The fourth-order valence-corrected chi connectivity index (χ4v) is 3.76. The lowest BCUT2D eigenvalue weighted by Gasteiger charge is -2.48. The number of piperazine rings is 1. The van der Waals surface area contributed by atoms with E-state index in [1.807, 2.05) is 0 Å². The Morgan fingerprint density at radius 2 is 1.85 bits per heavy atom. The molecule has 1 amide bonds. The van der Waals surface area contributed by atoms with E-state index in [1.54, 1.807) is 0 Å². The molecular formula is C16H31N3O. The molecule has 0 aromatic rings. The molecule has 116 valence electrons. The molecule has 4 atom stereocenters. The predicted molar refractivity (Wildman–Crippen MR) is 82.3 cm³/mol. The third-order valence-electron chi connectivity index (χ3n) is 6.07. The summed E-state index contributed by atoms with van der Waals surface area (Å²) in [6.45, 7) is 11.6. The maximum Gasteiger partial charge on any atom is 0.226 e. The average Bonchev–Trinajstić information content (AvgIpc) is 2.39. The topological polar surface area (TPSA) is 49.6 Å². The van der Waals surface area contributed by atoms with E-state index in [-0.39, 0.29) is 17.4 Å². The first-order valence-electron chi connectivity index (χ1n) is 7.99. The summed E-state index contributed by atoms with van der Waals surface area (Å²) in [4.78, 5) is 17.4. The van der Waals surface area contributed by atoms with Crippen molar-refractivity contribution in [3.8, 4) is 0 Å². The van der Waals surface area contributed by atoms with Gasteiger partial charge in [-0.3, -0.25) is 4.79 Å². The zero-order chi connectivity index (χ0) is 15.1. The summed E-state index contributed by atoms with van der Waals surface area (Å²) in [5, 5.41) is 0. The molecule has 2 aliphatic rings. The van der Waals surface area contributed by atoms with Gasteiger partial charge in [0.05, 0.1) is 0 Å². The van der Waals surface area contributed by atoms with Crippen LogP contribution in [0.4, 0.5) is 0 Å². The van der Waals surface area contributed by atoms with Crippen LogP contribution in [0.5, 0.6) is 0 Å². The molecule has 4 nitrogen and oxygen atoms in total. The van der Waals surface area contributed by atoms with E-state index in [9.17, 15) is 4.79 Å². The molecule has 4 heteroatoms. The van der Waals surface area contributed by atoms with E-state index < -0.39 is 0 Å². The van der Waals surface area contributed by atoms with Crippen LogP contribution >= 0.6 is 0 Å². The zero-order valence-electron chi connectivity index (χ0n) is 13.7. The Balaban J connectivity index is 2.09. The quantitative estimate of drug-likeness (QED) is 0.793. The molecule has 1 aliphatic carbocycles. The lowest BCUT2D eigenvalue weighted by Crippen LogP contribution is -2.57. The zero-order valence-corrected chi connectivity index (χ0v) is 13.7. The predicted octanol–water partition coefficient (Wildman–Crippen LogP) is 1.55. The van der Waals surface area contributed by atoms with Gasteiger partial charge in [-0.2, -0.15) is 0 Å². The van der Waals surface area contributed by atoms with Gasteiger partial charge in [-0.15, -0.1) is 0 Å². The van der Waals surface area contributed by atoms with Crippen LogP contribution in [0, 0.1) is 17.3 Å². The molecule has 0 spiro atoms. The van der Waals surface area contributed by atoms with E-state index in [1.165, 1.54) is 0 Å². The molecule has 4 unspecified atom stereocenters. The smallest absolute Gasteiger partial charge is 0.226 e. The third kappa shape index (κ3) is 2.73. The second-order valence-corrected chi connectivity index (χ2v) is 7.52. The molecule has 2 rings (SSSR count). The van der Waals surface area contributed by atoms with Crippen LogP contribution in [0.1, 0.15) is 40.5 Å². The fourth-order valence-electron chi connectivity index (χ4n) is 3.76. The van der Waals surface area contributed by atoms with Crippen molar-refractivity contribution >= 4 is 5.91 Å². The number of carbonyl (C=O) groups excluding carboxylic acids is 1. The number of amides is 1. The van der Waals surface area contributed by atoms with Crippen LogP contribution in [0.3, 0.4) is 0 Å². The molecule has 0 aromatic carbocycles. The standard InChI is InChI=1S/C16H31N3O/c1-11-10-19(9-8-18(11)5)15(20)13-6-7-14(17)12(2)16(13,3)4/h11-14H,6-10,17H2,1-5H3. The summed E-state index contributed by atoms with van der Waals surface area (Å²) in [7, 11) is 2.14. The first-order valence-corrected chi connectivity index (χ1v) is 7.99. The maximum absolute atomic E-state index is 12.9. The lowest BCUT2D eigenvalue weighted by molar-refractivity contribution is -0.146. The van der Waals surface area contributed by atoms with Crippen molar-refractivity contribution in [3.63, 3.8) is 0 Å². The van der Waals surface area contributed by atoms with Crippen LogP contribution < -0.4 is 5.73 Å². The van der Waals surface area contributed by atoms with E-state index in [2.05, 4.69) is 44.5 Å². The second kappa shape index (κ2) is 5.64. The minimum Gasteiger partial charge on any atom is -0.340 e. The molecule has 0 aromatic heterocycles. The lowest BCUT2D eigenvalue weighted by atomic mass is 9.60.